The molecule has 18 heteroatoms. The molecule has 1 unspecified atom stereocenters. The van der Waals surface area contributed by atoms with Gasteiger partial charge in [0.05, 0.1) is 47.1 Å². The van der Waals surface area contributed by atoms with Crippen LogP contribution in [0.4, 0.5) is 10.5 Å². The van der Waals surface area contributed by atoms with Gasteiger partial charge in [-0.15, -0.1) is 0 Å². The summed E-state index contributed by atoms with van der Waals surface area (Å²) in [6, 6.07) is 20.8. The van der Waals surface area contributed by atoms with Gasteiger partial charge >= 0.3 is 11.8 Å². The third kappa shape index (κ3) is 8.60. The summed E-state index contributed by atoms with van der Waals surface area (Å²) >= 11 is 0. The second-order valence-corrected chi connectivity index (χ2v) is 21.5. The van der Waals surface area contributed by atoms with Gasteiger partial charge in [-0.25, -0.2) is 14.6 Å². The van der Waals surface area contributed by atoms with Crippen LogP contribution in [0.2, 0.25) is 0 Å². The summed E-state index contributed by atoms with van der Waals surface area (Å²) in [6.07, 6.45) is 8.29. The van der Waals surface area contributed by atoms with Gasteiger partial charge in [0.25, 0.3) is 5.91 Å². The summed E-state index contributed by atoms with van der Waals surface area (Å²) in [6.45, 7) is 12.6. The molecule has 3 atom stereocenters. The molecule has 3 saturated heterocycles. The highest BCUT2D eigenvalue weighted by Crippen LogP contribution is 2.44. The molecule has 3 aromatic carbocycles. The van der Waals surface area contributed by atoms with E-state index in [2.05, 4.69) is 92.7 Å². The summed E-state index contributed by atoms with van der Waals surface area (Å²) in [4.78, 5) is 81.9. The van der Waals surface area contributed by atoms with Gasteiger partial charge in [0.15, 0.2) is 0 Å². The molecule has 18 nitrogen and oxygen atoms in total. The first-order valence-electron chi connectivity index (χ1n) is 26.4. The Balaban J connectivity index is 0.725. The Kier molecular flexibility index (Phi) is 12.4. The number of imidazole rings is 1. The minimum absolute atomic E-state index is 0.101. The number of aryl methyl sites for hydroxylation is 1. The first-order chi connectivity index (χ1) is 35.9. The number of H-pyrrole nitrogens is 1. The van der Waals surface area contributed by atoms with Crippen LogP contribution in [0.15, 0.2) is 77.9 Å². The Bertz CT molecular complexity index is 3410. The lowest BCUT2D eigenvalue weighted by Gasteiger charge is -2.39. The number of rotatable bonds is 11. The number of alkyl carbamates (subject to hydrolysis) is 1. The highest BCUT2D eigenvalue weighted by atomic mass is 16.5. The number of nitrogens with one attached hydrogen (secondary N) is 3. The highest BCUT2D eigenvalue weighted by Gasteiger charge is 2.40. The first kappa shape index (κ1) is 47.7. The lowest BCUT2D eigenvalue weighted by Crippen LogP contribution is -2.52. The maximum absolute atomic E-state index is 14.3. The number of nitrogens with zero attached hydrogens (tertiary/aromatic N) is 9. The number of carbonyl (C=O) groups is 4. The van der Waals surface area contributed by atoms with E-state index >= 15 is 0 Å². The summed E-state index contributed by atoms with van der Waals surface area (Å²) in [5.74, 6) is -0.150. The van der Waals surface area contributed by atoms with E-state index in [1.54, 1.807) is 15.7 Å². The minimum Gasteiger partial charge on any atom is -0.453 e. The number of anilines is 1. The predicted molar refractivity (Wildman–Crippen MR) is 283 cm³/mol. The zero-order valence-electron chi connectivity index (χ0n) is 42.6. The molecule has 5 aliphatic rings. The average Bonchev–Trinajstić information content (AvgIpc) is 4.28. The molecule has 4 aliphatic heterocycles. The second kappa shape index (κ2) is 19.2. The number of aromatic nitrogens is 6. The Hall–Kier alpha value is -7.31. The molecule has 0 radical (unpaired) electrons. The Labute approximate surface area is 428 Å². The van der Waals surface area contributed by atoms with Crippen LogP contribution < -0.4 is 21.2 Å². The van der Waals surface area contributed by atoms with E-state index in [0.29, 0.717) is 36.5 Å². The first-order valence-corrected chi connectivity index (χ1v) is 26.4. The molecule has 0 spiro atoms. The number of ether oxygens (including phenoxy) is 1. The quantitative estimate of drug-likeness (QED) is 0.117. The van der Waals surface area contributed by atoms with E-state index in [1.165, 1.54) is 12.7 Å². The zero-order chi connectivity index (χ0) is 50.9. The van der Waals surface area contributed by atoms with E-state index in [4.69, 9.17) is 14.8 Å². The van der Waals surface area contributed by atoms with Crippen molar-refractivity contribution < 1.29 is 23.9 Å². The van der Waals surface area contributed by atoms with Crippen molar-refractivity contribution in [1.29, 1.82) is 0 Å². The van der Waals surface area contributed by atoms with Crippen molar-refractivity contribution in [2.45, 2.75) is 96.1 Å². The Morgan fingerprint density at radius 3 is 2.39 bits per heavy atom. The monoisotopic (exact) mass is 1000 g/mol. The molecule has 12 rings (SSSR count). The molecule has 8 heterocycles. The predicted octanol–water partition coefficient (Wildman–Crippen LogP) is 6.73. The third-order valence-electron chi connectivity index (χ3n) is 16.6. The molecule has 0 bridgehead atoms. The number of piperidine rings is 2. The van der Waals surface area contributed by atoms with Gasteiger partial charge in [-0.05, 0) is 124 Å². The van der Waals surface area contributed by atoms with Crippen molar-refractivity contribution in [3.8, 4) is 22.4 Å². The number of pyridine rings is 1. The normalized spacial score (nSPS) is 21.2. The zero-order valence-corrected chi connectivity index (χ0v) is 42.6. The number of hydrogen-bond donors (Lipinski definition) is 3. The van der Waals surface area contributed by atoms with Crippen molar-refractivity contribution in [3.05, 3.63) is 100 Å². The standard InChI is InChI=1S/C56H64N12O6/c1-33(2)68-44-14-9-37(25-38(44)28-58-68)48-49-51-46(62(3)56(73)67(51)42-11-10-40(27-42)59-55(72)74-4)29-57-52(49)61-50(48)36-7-5-34(6-8-36)30-63-19-17-35(18-20-63)31-64-21-23-65(24-22-64)41-12-13-43-39(26-41)32-66(54(43)71)45-15-16-47(69)60-53(45)70/h5-9,12-14,25-26,28-29,33,35,40,42,45H,10-11,15-24,27,30-32H2,1-4H3,(H,57,61)(H,59,72)(H,60,69,70)/t40-,42-,45?/m1/s1. The number of hydrogen-bond acceptors (Lipinski definition) is 11. The largest absolute Gasteiger partial charge is 0.453 e. The number of carbonyl (C=O) groups excluding carboxylic acids is 4. The van der Waals surface area contributed by atoms with Gasteiger partial charge in [0.1, 0.15) is 11.7 Å². The van der Waals surface area contributed by atoms with Gasteiger partial charge in [-0.3, -0.25) is 43.3 Å². The van der Waals surface area contributed by atoms with Crippen molar-refractivity contribution in [1.82, 2.24) is 54.2 Å². The number of amides is 4. The van der Waals surface area contributed by atoms with Crippen molar-refractivity contribution in [2.75, 3.05) is 57.8 Å². The van der Waals surface area contributed by atoms with E-state index in [9.17, 15) is 24.0 Å². The van der Waals surface area contributed by atoms with Gasteiger partial charge in [0.2, 0.25) is 11.8 Å². The maximum atomic E-state index is 14.3. The van der Waals surface area contributed by atoms with Crippen LogP contribution in [0.3, 0.4) is 0 Å². The lowest BCUT2D eigenvalue weighted by molar-refractivity contribution is -0.136. The summed E-state index contributed by atoms with van der Waals surface area (Å²) in [5, 5.41) is 12.0. The van der Waals surface area contributed by atoms with Crippen LogP contribution in [0.5, 0.6) is 0 Å². The van der Waals surface area contributed by atoms with Gasteiger partial charge in [-0.1, -0.05) is 30.3 Å². The molecule has 3 N–H and O–H groups in total. The second-order valence-electron chi connectivity index (χ2n) is 21.5. The number of methoxy groups -OCH3 is 1. The summed E-state index contributed by atoms with van der Waals surface area (Å²) in [5.41, 5.74) is 11.2. The number of imide groups is 1. The molecule has 74 heavy (non-hydrogen) atoms. The van der Waals surface area contributed by atoms with E-state index in [-0.39, 0.29) is 48.0 Å². The molecule has 384 valence electrons. The molecular formula is C56H64N12O6. The number of likely N-dealkylation sites (tertiary alicyclic amines) is 1. The maximum Gasteiger partial charge on any atom is 0.407 e. The van der Waals surface area contributed by atoms with E-state index in [0.717, 1.165) is 139 Å². The van der Waals surface area contributed by atoms with Crippen LogP contribution in [0.1, 0.15) is 92.4 Å². The molecule has 7 aromatic rings. The topological polar surface area (TPSA) is 188 Å². The number of fused-ring (bicyclic) bond motifs is 5. The minimum atomic E-state index is -0.608. The molecule has 4 aromatic heterocycles. The molecule has 1 aliphatic carbocycles. The van der Waals surface area contributed by atoms with Crippen molar-refractivity contribution in [3.63, 3.8) is 0 Å². The van der Waals surface area contributed by atoms with E-state index in [1.807, 2.05) is 34.6 Å². The number of aromatic amines is 1. The smallest absolute Gasteiger partial charge is 0.407 e. The lowest BCUT2D eigenvalue weighted by atomic mass is 9.95. The van der Waals surface area contributed by atoms with Crippen LogP contribution in [0, 0.1) is 5.92 Å². The van der Waals surface area contributed by atoms with Crippen LogP contribution in [-0.4, -0.2) is 132 Å². The molecule has 4 amide bonds. The summed E-state index contributed by atoms with van der Waals surface area (Å²) in [7, 11) is 3.18. The van der Waals surface area contributed by atoms with Crippen LogP contribution in [0.25, 0.3) is 55.4 Å². The highest BCUT2D eigenvalue weighted by molar-refractivity contribution is 6.15. The number of benzene rings is 3. The van der Waals surface area contributed by atoms with Crippen molar-refractivity contribution >= 4 is 62.5 Å². The molecule has 1 saturated carbocycles. The van der Waals surface area contributed by atoms with Crippen molar-refractivity contribution in [2.24, 2.45) is 13.0 Å². The fourth-order valence-corrected chi connectivity index (χ4v) is 12.7. The van der Waals surface area contributed by atoms with Crippen LogP contribution in [-0.2, 0) is 34.5 Å². The van der Waals surface area contributed by atoms with Crippen LogP contribution >= 0.6 is 0 Å². The van der Waals surface area contributed by atoms with Gasteiger partial charge < -0.3 is 24.8 Å². The number of piperazine rings is 1. The van der Waals surface area contributed by atoms with E-state index < -0.39 is 12.1 Å². The average molecular weight is 1000 g/mol. The Morgan fingerprint density at radius 2 is 1.64 bits per heavy atom. The Morgan fingerprint density at radius 1 is 0.851 bits per heavy atom. The molecule has 4 fully saturated rings. The summed E-state index contributed by atoms with van der Waals surface area (Å²) < 4.78 is 10.6. The SMILES string of the molecule is COC(=O)N[C@@H]1CC[C@@H](n2c(=O)n(C)c3cnc4[nH]c(-c5ccc(CN6CCC(CN7CCN(c8ccc9c(c8)CN(C8CCC(=O)NC8=O)C9=O)CC7)CC6)cc5)c(-c5ccc6c(cnn6C(C)C)c5)c4c32)C1. The van der Waals surface area contributed by atoms with Gasteiger partial charge in [-0.2, -0.15) is 5.10 Å². The third-order valence-corrected chi connectivity index (χ3v) is 16.6. The fraction of sp³-hybridized carbons (Fsp3) is 0.446. The fourth-order valence-electron chi connectivity index (χ4n) is 12.7. The van der Waals surface area contributed by atoms with Gasteiger partial charge in [0, 0.05) is 99.6 Å². The molecular weight excluding hydrogens is 937 g/mol.